The molecule has 1 N–H and O–H groups in total. The number of piperazine rings is 1. The largest absolute Gasteiger partial charge is 0.493 e. The molecule has 0 radical (unpaired) electrons. The topological polar surface area (TPSA) is 133 Å². The van der Waals surface area contributed by atoms with E-state index in [1.807, 2.05) is 10.3 Å². The van der Waals surface area contributed by atoms with Crippen LogP contribution in [0.3, 0.4) is 0 Å². The maximum absolute atomic E-state index is 13.1. The van der Waals surface area contributed by atoms with E-state index in [1.165, 1.54) is 20.4 Å². The molecule has 12 heteroatoms. The van der Waals surface area contributed by atoms with Crippen LogP contribution in [0, 0.1) is 15.6 Å². The van der Waals surface area contributed by atoms with E-state index in [9.17, 15) is 9.70 Å². The lowest BCUT2D eigenvalue weighted by molar-refractivity contribution is 0.102. The Bertz CT molecular complexity index is 1010. The number of nitrogens with one attached hydrogen (secondary N) is 1. The molecule has 1 saturated heterocycles. The average molecular weight is 458 g/mol. The van der Waals surface area contributed by atoms with Gasteiger partial charge in [0, 0.05) is 62.4 Å². The minimum Gasteiger partial charge on any atom is -0.493 e. The number of carbonyl (C=O) groups excluding carboxylic acids is 1. The van der Waals surface area contributed by atoms with Crippen LogP contribution < -0.4 is 19.7 Å². The van der Waals surface area contributed by atoms with Crippen molar-refractivity contribution in [2.75, 3.05) is 63.7 Å². The Morgan fingerprint density at radius 1 is 1.25 bits per heavy atom. The molecular formula is C20H23N7O4S. The average Bonchev–Trinajstić information content (AvgIpc) is 2.83. The van der Waals surface area contributed by atoms with Crippen LogP contribution in [0.5, 0.6) is 11.5 Å². The van der Waals surface area contributed by atoms with E-state index >= 15 is 0 Å². The Hall–Kier alpha value is -3.43. The van der Waals surface area contributed by atoms with Crippen molar-refractivity contribution in [2.24, 2.45) is 5.18 Å². The fraction of sp³-hybridized carbons (Fsp3) is 0.400. The summed E-state index contributed by atoms with van der Waals surface area (Å²) < 4.78 is 10.5. The van der Waals surface area contributed by atoms with Crippen molar-refractivity contribution < 1.29 is 14.3 Å². The van der Waals surface area contributed by atoms with Crippen LogP contribution >= 0.6 is 11.8 Å². The van der Waals surface area contributed by atoms with Crippen LogP contribution in [0.15, 0.2) is 34.7 Å². The van der Waals surface area contributed by atoms with Gasteiger partial charge in [0.15, 0.2) is 11.5 Å². The number of thiocyanates is 1. The molecule has 1 fully saturated rings. The standard InChI is InChI=1S/C20H23N7O4S/c1-30-16-4-3-14(11-17(16)31-2)24-19(28)15-12-22-20(32-13-21)25-18(15)27-9-7-26(8-10-27)6-5-23-29/h3-4,11-12H,5-10H2,1-2H3,(H,24,28). The van der Waals surface area contributed by atoms with Crippen molar-refractivity contribution in [1.29, 1.82) is 5.26 Å². The quantitative estimate of drug-likeness (QED) is 0.258. The summed E-state index contributed by atoms with van der Waals surface area (Å²) >= 11 is 0.836. The maximum Gasteiger partial charge on any atom is 0.261 e. The normalized spacial score (nSPS) is 13.8. The van der Waals surface area contributed by atoms with Crippen LogP contribution in [-0.4, -0.2) is 74.3 Å². The smallest absolute Gasteiger partial charge is 0.261 e. The van der Waals surface area contributed by atoms with E-state index < -0.39 is 0 Å². The second-order valence-corrected chi connectivity index (χ2v) is 7.54. The molecule has 2 heterocycles. The number of aromatic nitrogens is 2. The molecule has 1 aliphatic heterocycles. The highest BCUT2D eigenvalue weighted by atomic mass is 32.2. The lowest BCUT2D eigenvalue weighted by Gasteiger charge is -2.35. The molecule has 0 aliphatic carbocycles. The fourth-order valence-electron chi connectivity index (χ4n) is 3.33. The Labute approximate surface area is 189 Å². The number of nitriles is 1. The number of rotatable bonds is 9. The molecule has 1 amide bonds. The minimum atomic E-state index is -0.381. The van der Waals surface area contributed by atoms with Gasteiger partial charge in [-0.15, -0.1) is 0 Å². The lowest BCUT2D eigenvalue weighted by atomic mass is 10.2. The van der Waals surface area contributed by atoms with E-state index in [1.54, 1.807) is 18.2 Å². The molecule has 1 aromatic carbocycles. The van der Waals surface area contributed by atoms with Gasteiger partial charge in [0.25, 0.3) is 5.91 Å². The first-order valence-corrected chi connectivity index (χ1v) is 10.6. The van der Waals surface area contributed by atoms with Gasteiger partial charge in [-0.1, -0.05) is 5.18 Å². The molecule has 0 unspecified atom stereocenters. The summed E-state index contributed by atoms with van der Waals surface area (Å²) in [5.41, 5.74) is 0.824. The third-order valence-corrected chi connectivity index (χ3v) is 5.42. The summed E-state index contributed by atoms with van der Waals surface area (Å²) in [5.74, 6) is 1.12. The van der Waals surface area contributed by atoms with Gasteiger partial charge in [-0.3, -0.25) is 9.69 Å². The molecule has 32 heavy (non-hydrogen) atoms. The Balaban J connectivity index is 1.82. The SMILES string of the molecule is COc1ccc(NC(=O)c2cnc(SC#N)nc2N2CCN(CCN=O)CC2)cc1OC. The third kappa shape index (κ3) is 5.63. The van der Waals surface area contributed by atoms with E-state index in [2.05, 4.69) is 25.4 Å². The number of methoxy groups -OCH3 is 2. The van der Waals surface area contributed by atoms with E-state index in [0.717, 1.165) is 11.8 Å². The summed E-state index contributed by atoms with van der Waals surface area (Å²) in [4.78, 5) is 36.2. The number of benzene rings is 1. The first-order chi connectivity index (χ1) is 15.6. The minimum absolute atomic E-state index is 0.245. The molecule has 3 rings (SSSR count). The molecule has 2 aromatic rings. The van der Waals surface area contributed by atoms with E-state index in [-0.39, 0.29) is 17.6 Å². The predicted octanol–water partition coefficient (Wildman–Crippen LogP) is 2.21. The van der Waals surface area contributed by atoms with Crippen LogP contribution in [0.2, 0.25) is 0 Å². The van der Waals surface area contributed by atoms with Gasteiger partial charge in [-0.25, -0.2) is 9.97 Å². The lowest BCUT2D eigenvalue weighted by Crippen LogP contribution is -2.48. The molecule has 1 aliphatic rings. The highest BCUT2D eigenvalue weighted by Gasteiger charge is 2.24. The third-order valence-electron chi connectivity index (χ3n) is 4.95. The number of amides is 1. The van der Waals surface area contributed by atoms with Crippen LogP contribution in [0.25, 0.3) is 0 Å². The van der Waals surface area contributed by atoms with Crippen molar-refractivity contribution in [3.8, 4) is 16.9 Å². The fourth-order valence-corrected chi connectivity index (χ4v) is 3.65. The summed E-state index contributed by atoms with van der Waals surface area (Å²) in [7, 11) is 3.06. The van der Waals surface area contributed by atoms with Crippen molar-refractivity contribution in [3.63, 3.8) is 0 Å². The van der Waals surface area contributed by atoms with Gasteiger partial charge in [-0.05, 0) is 12.1 Å². The second kappa shape index (κ2) is 11.3. The van der Waals surface area contributed by atoms with Gasteiger partial charge >= 0.3 is 0 Å². The number of nitrogens with zero attached hydrogens (tertiary/aromatic N) is 6. The number of hydrogen-bond donors (Lipinski definition) is 1. The Kier molecular flexibility index (Phi) is 8.18. The predicted molar refractivity (Wildman–Crippen MR) is 120 cm³/mol. The highest BCUT2D eigenvalue weighted by molar-refractivity contribution is 8.03. The number of carbonyl (C=O) groups is 1. The van der Waals surface area contributed by atoms with Gasteiger partial charge in [0.05, 0.1) is 20.8 Å². The Morgan fingerprint density at radius 3 is 2.66 bits per heavy atom. The van der Waals surface area contributed by atoms with E-state index in [4.69, 9.17) is 14.7 Å². The Morgan fingerprint density at radius 2 is 2.00 bits per heavy atom. The number of nitroso groups, excluding NO2 is 1. The number of thioether (sulfide) groups is 1. The molecule has 0 bridgehead atoms. The van der Waals surface area contributed by atoms with Gasteiger partial charge in [-0.2, -0.15) is 10.2 Å². The summed E-state index contributed by atoms with van der Waals surface area (Å²) in [6.07, 6.45) is 1.43. The van der Waals surface area contributed by atoms with Gasteiger partial charge in [0.1, 0.15) is 16.8 Å². The summed E-state index contributed by atoms with van der Waals surface area (Å²) in [6, 6.07) is 5.07. The van der Waals surface area contributed by atoms with Crippen molar-refractivity contribution >= 4 is 29.2 Å². The van der Waals surface area contributed by atoms with Gasteiger partial charge < -0.3 is 19.7 Å². The number of ether oxygens (including phenoxy) is 2. The summed E-state index contributed by atoms with van der Waals surface area (Å²) in [6.45, 7) is 3.49. The molecule has 0 saturated carbocycles. The molecule has 0 atom stereocenters. The number of anilines is 2. The zero-order valence-electron chi connectivity index (χ0n) is 17.8. The molecule has 0 spiro atoms. The molecular weight excluding hydrogens is 434 g/mol. The highest BCUT2D eigenvalue weighted by Crippen LogP contribution is 2.30. The first-order valence-electron chi connectivity index (χ1n) is 9.82. The first kappa shape index (κ1) is 23.2. The van der Waals surface area contributed by atoms with Crippen molar-refractivity contribution in [1.82, 2.24) is 14.9 Å². The molecule has 1 aromatic heterocycles. The molecule has 11 nitrogen and oxygen atoms in total. The van der Waals surface area contributed by atoms with Crippen LogP contribution in [0.4, 0.5) is 11.5 Å². The zero-order valence-corrected chi connectivity index (χ0v) is 18.6. The van der Waals surface area contributed by atoms with E-state index in [0.29, 0.717) is 61.3 Å². The van der Waals surface area contributed by atoms with Gasteiger partial charge in [0.2, 0.25) is 5.16 Å². The maximum atomic E-state index is 13.1. The van der Waals surface area contributed by atoms with Crippen molar-refractivity contribution in [3.05, 3.63) is 34.9 Å². The van der Waals surface area contributed by atoms with Crippen molar-refractivity contribution in [2.45, 2.75) is 5.16 Å². The van der Waals surface area contributed by atoms with Crippen LogP contribution in [-0.2, 0) is 0 Å². The number of hydrogen-bond acceptors (Lipinski definition) is 11. The second-order valence-electron chi connectivity index (χ2n) is 6.79. The monoisotopic (exact) mass is 457 g/mol. The molecule has 168 valence electrons. The zero-order chi connectivity index (χ0) is 22.9. The van der Waals surface area contributed by atoms with Crippen LogP contribution in [0.1, 0.15) is 10.4 Å². The summed E-state index contributed by atoms with van der Waals surface area (Å²) in [5, 5.41) is 17.0.